The van der Waals surface area contributed by atoms with Gasteiger partial charge in [0.05, 0.1) is 11.6 Å². The lowest BCUT2D eigenvalue weighted by molar-refractivity contribution is -0.143. The molecule has 2 atom stereocenters. The first kappa shape index (κ1) is 28.1. The highest BCUT2D eigenvalue weighted by molar-refractivity contribution is 5.93. The molecule has 174 valence electrons. The number of carbonyl (C=O) groups is 3. The van der Waals surface area contributed by atoms with E-state index in [1.165, 1.54) is 6.92 Å². The molecule has 0 aromatic heterocycles. The predicted molar refractivity (Wildman–Crippen MR) is 121 cm³/mol. The van der Waals surface area contributed by atoms with E-state index in [4.69, 9.17) is 0 Å². The third-order valence-electron chi connectivity index (χ3n) is 6.07. The minimum absolute atomic E-state index is 0.0109. The van der Waals surface area contributed by atoms with Gasteiger partial charge in [0.2, 0.25) is 11.8 Å². The van der Waals surface area contributed by atoms with Gasteiger partial charge in [-0.2, -0.15) is 0 Å². The fraction of sp³-hybridized carbons (Fsp3) is 0.783. The number of likely N-dealkylation sites (N-methyl/N-ethyl adjacent to an activating group) is 2. The Kier molecular flexibility index (Phi) is 10.2. The van der Waals surface area contributed by atoms with Crippen LogP contribution in [-0.4, -0.2) is 71.5 Å². The van der Waals surface area contributed by atoms with E-state index in [-0.39, 0.29) is 23.3 Å². The number of carboxylic acid groups (broad SMARTS) is 1. The van der Waals surface area contributed by atoms with E-state index in [0.29, 0.717) is 12.8 Å². The molecule has 0 saturated carbocycles. The van der Waals surface area contributed by atoms with Crippen LogP contribution in [-0.2, 0) is 14.4 Å². The number of hydrogen-bond donors (Lipinski definition) is 2. The lowest BCUT2D eigenvalue weighted by Gasteiger charge is -2.42. The van der Waals surface area contributed by atoms with Crippen molar-refractivity contribution in [1.29, 1.82) is 0 Å². The van der Waals surface area contributed by atoms with Crippen molar-refractivity contribution in [3.63, 3.8) is 0 Å². The first-order valence-electron chi connectivity index (χ1n) is 10.7. The molecule has 0 heterocycles. The van der Waals surface area contributed by atoms with Crippen LogP contribution >= 0.6 is 0 Å². The maximum Gasteiger partial charge on any atom is 0.331 e. The average molecular weight is 426 g/mol. The number of rotatable bonds is 10. The van der Waals surface area contributed by atoms with Crippen molar-refractivity contribution < 1.29 is 19.5 Å². The van der Waals surface area contributed by atoms with Crippen LogP contribution in [0.15, 0.2) is 11.6 Å². The van der Waals surface area contributed by atoms with Gasteiger partial charge >= 0.3 is 5.97 Å². The Morgan fingerprint density at radius 2 is 1.50 bits per heavy atom. The number of amides is 2. The Hall–Kier alpha value is -1.89. The van der Waals surface area contributed by atoms with Crippen LogP contribution in [0, 0.1) is 11.3 Å². The van der Waals surface area contributed by atoms with Crippen molar-refractivity contribution >= 4 is 17.8 Å². The molecule has 2 amide bonds. The fourth-order valence-corrected chi connectivity index (χ4v) is 3.75. The zero-order valence-corrected chi connectivity index (χ0v) is 20.8. The number of aliphatic carboxylic acids is 1. The van der Waals surface area contributed by atoms with Gasteiger partial charge in [-0.3, -0.25) is 14.5 Å². The summed E-state index contributed by atoms with van der Waals surface area (Å²) in [6.07, 6.45) is 2.85. The second-order valence-electron chi connectivity index (χ2n) is 9.74. The third-order valence-corrected chi connectivity index (χ3v) is 6.07. The van der Waals surface area contributed by atoms with E-state index in [0.717, 1.165) is 0 Å². The molecule has 30 heavy (non-hydrogen) atoms. The number of nitrogens with zero attached hydrogens (tertiary/aromatic N) is 2. The molecular formula is C23H43N3O4. The van der Waals surface area contributed by atoms with Gasteiger partial charge in [0.15, 0.2) is 0 Å². The minimum Gasteiger partial charge on any atom is -0.478 e. The van der Waals surface area contributed by atoms with Gasteiger partial charge in [-0.1, -0.05) is 54.5 Å². The van der Waals surface area contributed by atoms with Gasteiger partial charge in [0.25, 0.3) is 0 Å². The standard InChI is InChI=1S/C23H43N3O4/c1-12-23(13-2,25(9)10)21(30)24-18(22(6,7)8)19(27)26(11)17(15(3)4)14-16(5)20(28)29/h14-15,17-18H,12-13H2,1-11H3,(H,24,30)(H,28,29)/t17-,18?/m1/s1. The topological polar surface area (TPSA) is 90.0 Å². The van der Waals surface area contributed by atoms with Crippen molar-refractivity contribution in [3.05, 3.63) is 11.6 Å². The molecule has 0 spiro atoms. The van der Waals surface area contributed by atoms with E-state index in [1.54, 1.807) is 18.0 Å². The smallest absolute Gasteiger partial charge is 0.331 e. The highest BCUT2D eigenvalue weighted by Gasteiger charge is 2.43. The Morgan fingerprint density at radius 3 is 1.80 bits per heavy atom. The summed E-state index contributed by atoms with van der Waals surface area (Å²) in [5, 5.41) is 12.3. The SMILES string of the molecule is CCC(CC)(C(=O)NC(C(=O)N(C)[C@H](C=C(C)C(=O)O)C(C)C)C(C)(C)C)N(C)C. The van der Waals surface area contributed by atoms with Gasteiger partial charge in [-0.05, 0) is 45.2 Å². The summed E-state index contributed by atoms with van der Waals surface area (Å²) in [6, 6.07) is -1.14. The molecule has 7 heteroatoms. The zero-order valence-electron chi connectivity index (χ0n) is 20.8. The van der Waals surface area contributed by atoms with E-state index in [1.807, 2.05) is 67.5 Å². The lowest BCUT2D eigenvalue weighted by atomic mass is 9.83. The largest absolute Gasteiger partial charge is 0.478 e. The van der Waals surface area contributed by atoms with Crippen LogP contribution in [0.3, 0.4) is 0 Å². The highest BCUT2D eigenvalue weighted by atomic mass is 16.4. The maximum atomic E-state index is 13.5. The highest BCUT2D eigenvalue weighted by Crippen LogP contribution is 2.27. The Balaban J connectivity index is 6.05. The summed E-state index contributed by atoms with van der Waals surface area (Å²) in [5.41, 5.74) is -1.03. The van der Waals surface area contributed by atoms with Crippen LogP contribution in [0.5, 0.6) is 0 Å². The van der Waals surface area contributed by atoms with Crippen LogP contribution < -0.4 is 5.32 Å². The van der Waals surface area contributed by atoms with Crippen LogP contribution in [0.2, 0.25) is 0 Å². The first-order chi connectivity index (χ1) is 13.6. The Bertz CT molecular complexity index is 643. The van der Waals surface area contributed by atoms with Crippen molar-refractivity contribution in [2.75, 3.05) is 21.1 Å². The molecule has 0 saturated heterocycles. The number of carbonyl (C=O) groups excluding carboxylic acids is 2. The fourth-order valence-electron chi connectivity index (χ4n) is 3.75. The monoisotopic (exact) mass is 425 g/mol. The summed E-state index contributed by atoms with van der Waals surface area (Å²) in [6.45, 7) is 15.1. The molecule has 0 radical (unpaired) electrons. The van der Waals surface area contributed by atoms with Crippen molar-refractivity contribution in [1.82, 2.24) is 15.1 Å². The van der Waals surface area contributed by atoms with Crippen LogP contribution in [0.25, 0.3) is 0 Å². The van der Waals surface area contributed by atoms with Crippen molar-refractivity contribution in [2.45, 2.75) is 85.9 Å². The van der Waals surface area contributed by atoms with Crippen molar-refractivity contribution in [2.24, 2.45) is 11.3 Å². The van der Waals surface area contributed by atoms with Crippen LogP contribution in [0.1, 0.15) is 68.2 Å². The molecule has 2 N–H and O–H groups in total. The Morgan fingerprint density at radius 1 is 1.03 bits per heavy atom. The van der Waals surface area contributed by atoms with Gasteiger partial charge in [-0.15, -0.1) is 0 Å². The van der Waals surface area contributed by atoms with Gasteiger partial charge < -0.3 is 15.3 Å². The molecular weight excluding hydrogens is 382 g/mol. The number of nitrogens with one attached hydrogen (secondary N) is 1. The summed E-state index contributed by atoms with van der Waals surface area (Å²) >= 11 is 0. The predicted octanol–water partition coefficient (Wildman–Crippen LogP) is 3.15. The third kappa shape index (κ3) is 6.56. The lowest BCUT2D eigenvalue weighted by Crippen LogP contribution is -2.63. The molecule has 0 aromatic rings. The van der Waals surface area contributed by atoms with Gasteiger partial charge in [0, 0.05) is 12.6 Å². The second-order valence-corrected chi connectivity index (χ2v) is 9.74. The van der Waals surface area contributed by atoms with E-state index >= 15 is 0 Å². The quantitative estimate of drug-likeness (QED) is 0.525. The molecule has 0 bridgehead atoms. The van der Waals surface area contributed by atoms with E-state index in [9.17, 15) is 19.5 Å². The molecule has 0 aliphatic carbocycles. The van der Waals surface area contributed by atoms with E-state index < -0.39 is 29.0 Å². The number of hydrogen-bond acceptors (Lipinski definition) is 4. The van der Waals surface area contributed by atoms with Gasteiger partial charge in [-0.25, -0.2) is 4.79 Å². The molecule has 0 aromatic carbocycles. The molecule has 0 fully saturated rings. The Labute approximate surface area is 182 Å². The first-order valence-corrected chi connectivity index (χ1v) is 10.7. The molecule has 0 aliphatic heterocycles. The molecule has 0 aliphatic rings. The summed E-state index contributed by atoms with van der Waals surface area (Å²) in [5.74, 6) is -1.40. The average Bonchev–Trinajstić information content (AvgIpc) is 2.62. The maximum absolute atomic E-state index is 13.5. The minimum atomic E-state index is -1.01. The van der Waals surface area contributed by atoms with Crippen LogP contribution in [0.4, 0.5) is 0 Å². The summed E-state index contributed by atoms with van der Waals surface area (Å²) < 4.78 is 0. The molecule has 7 nitrogen and oxygen atoms in total. The number of carboxylic acids is 1. The normalized spacial score (nSPS) is 15.2. The molecule has 1 unspecified atom stereocenters. The van der Waals surface area contributed by atoms with Gasteiger partial charge in [0.1, 0.15) is 6.04 Å². The molecule has 0 rings (SSSR count). The van der Waals surface area contributed by atoms with E-state index in [2.05, 4.69) is 5.32 Å². The summed E-state index contributed by atoms with van der Waals surface area (Å²) in [4.78, 5) is 41.6. The zero-order chi connectivity index (χ0) is 24.0. The summed E-state index contributed by atoms with van der Waals surface area (Å²) in [7, 11) is 5.42. The second kappa shape index (κ2) is 10.9. The van der Waals surface area contributed by atoms with Crippen molar-refractivity contribution in [3.8, 4) is 0 Å².